The highest BCUT2D eigenvalue weighted by molar-refractivity contribution is 7.89. The standard InChI is InChI=1S/C13H26N2O3S/c16-19(17,10-7-12-5-1-3-8-14-12)15-11-13-6-2-4-9-18-13/h12-15H,1-11H2. The third-order valence-electron chi connectivity index (χ3n) is 3.95. The monoisotopic (exact) mass is 290 g/mol. The smallest absolute Gasteiger partial charge is 0.211 e. The molecule has 0 saturated carbocycles. The molecule has 2 heterocycles. The minimum Gasteiger partial charge on any atom is -0.377 e. The molecule has 0 amide bonds. The van der Waals surface area contributed by atoms with E-state index in [-0.39, 0.29) is 11.9 Å². The summed E-state index contributed by atoms with van der Waals surface area (Å²) in [7, 11) is -3.15. The Kier molecular flexibility index (Phi) is 6.06. The molecule has 2 rings (SSSR count). The summed E-state index contributed by atoms with van der Waals surface area (Å²) in [6.07, 6.45) is 7.49. The van der Waals surface area contributed by atoms with E-state index in [2.05, 4.69) is 10.0 Å². The van der Waals surface area contributed by atoms with Crippen LogP contribution in [0.15, 0.2) is 0 Å². The highest BCUT2D eigenvalue weighted by Crippen LogP contribution is 2.13. The van der Waals surface area contributed by atoms with Crippen molar-refractivity contribution in [3.63, 3.8) is 0 Å². The van der Waals surface area contributed by atoms with Crippen molar-refractivity contribution in [1.29, 1.82) is 0 Å². The molecule has 19 heavy (non-hydrogen) atoms. The molecule has 2 atom stereocenters. The fourth-order valence-electron chi connectivity index (χ4n) is 2.73. The molecule has 0 aliphatic carbocycles. The number of rotatable bonds is 6. The SMILES string of the molecule is O=S(=O)(CCC1CCCCN1)NCC1CCCCO1. The van der Waals surface area contributed by atoms with Gasteiger partial charge in [0.1, 0.15) is 0 Å². The summed E-state index contributed by atoms with van der Waals surface area (Å²) < 4.78 is 32.1. The van der Waals surface area contributed by atoms with Crippen LogP contribution in [0.5, 0.6) is 0 Å². The molecule has 2 unspecified atom stereocenters. The van der Waals surface area contributed by atoms with Gasteiger partial charge in [-0.15, -0.1) is 0 Å². The lowest BCUT2D eigenvalue weighted by atomic mass is 10.0. The zero-order valence-corrected chi connectivity index (χ0v) is 12.4. The topological polar surface area (TPSA) is 67.4 Å². The molecular formula is C13H26N2O3S. The Morgan fingerprint density at radius 3 is 2.68 bits per heavy atom. The van der Waals surface area contributed by atoms with Gasteiger partial charge < -0.3 is 10.1 Å². The van der Waals surface area contributed by atoms with E-state index in [1.54, 1.807) is 0 Å². The molecule has 0 radical (unpaired) electrons. The van der Waals surface area contributed by atoms with E-state index in [0.717, 1.165) is 38.8 Å². The highest BCUT2D eigenvalue weighted by Gasteiger charge is 2.20. The quantitative estimate of drug-likeness (QED) is 0.766. The fraction of sp³-hybridized carbons (Fsp3) is 1.00. The number of ether oxygens (including phenoxy) is 1. The summed E-state index contributed by atoms with van der Waals surface area (Å²) >= 11 is 0. The Morgan fingerprint density at radius 2 is 2.00 bits per heavy atom. The molecular weight excluding hydrogens is 264 g/mol. The largest absolute Gasteiger partial charge is 0.377 e. The Hall–Kier alpha value is -0.170. The van der Waals surface area contributed by atoms with Gasteiger partial charge in [-0.25, -0.2) is 13.1 Å². The molecule has 0 bridgehead atoms. The van der Waals surface area contributed by atoms with E-state index in [1.807, 2.05) is 0 Å². The fourth-order valence-corrected chi connectivity index (χ4v) is 3.91. The minimum atomic E-state index is -3.15. The Morgan fingerprint density at radius 1 is 1.16 bits per heavy atom. The number of sulfonamides is 1. The van der Waals surface area contributed by atoms with Crippen LogP contribution in [0.2, 0.25) is 0 Å². The molecule has 0 aromatic rings. The molecule has 2 fully saturated rings. The maximum Gasteiger partial charge on any atom is 0.211 e. The van der Waals surface area contributed by atoms with Crippen LogP contribution in [0.4, 0.5) is 0 Å². The van der Waals surface area contributed by atoms with Crippen LogP contribution in [0.25, 0.3) is 0 Å². The predicted molar refractivity (Wildman–Crippen MR) is 75.6 cm³/mol. The molecule has 2 saturated heterocycles. The third kappa shape index (κ3) is 5.77. The van der Waals surface area contributed by atoms with Crippen molar-refractivity contribution in [2.24, 2.45) is 0 Å². The lowest BCUT2D eigenvalue weighted by Crippen LogP contribution is -2.39. The van der Waals surface area contributed by atoms with Crippen LogP contribution in [0.3, 0.4) is 0 Å². The Labute approximate surface area is 116 Å². The van der Waals surface area contributed by atoms with E-state index in [9.17, 15) is 8.42 Å². The second kappa shape index (κ2) is 7.57. The van der Waals surface area contributed by atoms with Crippen molar-refractivity contribution in [1.82, 2.24) is 10.0 Å². The molecule has 0 aromatic carbocycles. The van der Waals surface area contributed by atoms with Gasteiger partial charge in [-0.3, -0.25) is 0 Å². The number of hydrogen-bond donors (Lipinski definition) is 2. The van der Waals surface area contributed by atoms with Gasteiger partial charge in [-0.2, -0.15) is 0 Å². The maximum atomic E-state index is 11.9. The van der Waals surface area contributed by atoms with Crippen LogP contribution < -0.4 is 10.0 Å². The lowest BCUT2D eigenvalue weighted by molar-refractivity contribution is 0.0200. The molecule has 2 N–H and O–H groups in total. The summed E-state index contributed by atoms with van der Waals surface area (Å²) in [6, 6.07) is 0.372. The van der Waals surface area contributed by atoms with Gasteiger partial charge in [0, 0.05) is 19.2 Å². The van der Waals surface area contributed by atoms with E-state index < -0.39 is 10.0 Å². The molecule has 5 nitrogen and oxygen atoms in total. The van der Waals surface area contributed by atoms with Gasteiger partial charge in [0.05, 0.1) is 11.9 Å². The van der Waals surface area contributed by atoms with E-state index in [4.69, 9.17) is 4.74 Å². The predicted octanol–water partition coefficient (Wildman–Crippen LogP) is 1.01. The molecule has 112 valence electrons. The second-order valence-electron chi connectivity index (χ2n) is 5.59. The normalized spacial score (nSPS) is 29.3. The van der Waals surface area contributed by atoms with Crippen LogP contribution in [-0.4, -0.2) is 46.0 Å². The summed E-state index contributed by atoms with van der Waals surface area (Å²) in [6.45, 7) is 2.22. The average molecular weight is 290 g/mol. The van der Waals surface area contributed by atoms with E-state index in [0.29, 0.717) is 19.0 Å². The van der Waals surface area contributed by atoms with Crippen molar-refractivity contribution in [3.8, 4) is 0 Å². The molecule has 2 aliphatic heterocycles. The van der Waals surface area contributed by atoms with Gasteiger partial charge >= 0.3 is 0 Å². The first kappa shape index (κ1) is 15.2. The lowest BCUT2D eigenvalue weighted by Gasteiger charge is -2.24. The zero-order chi connectivity index (χ0) is 13.6. The number of hydrogen-bond acceptors (Lipinski definition) is 4. The zero-order valence-electron chi connectivity index (χ0n) is 11.6. The highest BCUT2D eigenvalue weighted by atomic mass is 32.2. The number of piperidine rings is 1. The van der Waals surface area contributed by atoms with Crippen molar-refractivity contribution in [2.45, 2.75) is 57.1 Å². The summed E-state index contributed by atoms with van der Waals surface area (Å²) in [5, 5.41) is 3.38. The van der Waals surface area contributed by atoms with E-state index in [1.165, 1.54) is 12.8 Å². The molecule has 0 aromatic heterocycles. The van der Waals surface area contributed by atoms with E-state index >= 15 is 0 Å². The van der Waals surface area contributed by atoms with Crippen molar-refractivity contribution < 1.29 is 13.2 Å². The average Bonchev–Trinajstić information content (AvgIpc) is 2.46. The van der Waals surface area contributed by atoms with Crippen LogP contribution in [-0.2, 0) is 14.8 Å². The molecule has 6 heteroatoms. The first-order valence-corrected chi connectivity index (χ1v) is 9.13. The summed E-state index contributed by atoms with van der Waals surface area (Å²) in [4.78, 5) is 0. The maximum absolute atomic E-state index is 11.9. The van der Waals surface area contributed by atoms with Crippen LogP contribution >= 0.6 is 0 Å². The first-order valence-electron chi connectivity index (χ1n) is 7.48. The summed E-state index contributed by atoms with van der Waals surface area (Å²) in [5.74, 6) is 0.220. The van der Waals surface area contributed by atoms with Gasteiger partial charge in [-0.1, -0.05) is 6.42 Å². The molecule has 2 aliphatic rings. The first-order chi connectivity index (χ1) is 9.16. The van der Waals surface area contributed by atoms with Gasteiger partial charge in [0.2, 0.25) is 10.0 Å². The van der Waals surface area contributed by atoms with Crippen molar-refractivity contribution >= 4 is 10.0 Å². The van der Waals surface area contributed by atoms with Crippen LogP contribution in [0.1, 0.15) is 44.9 Å². The summed E-state index contributed by atoms with van der Waals surface area (Å²) in [5.41, 5.74) is 0. The third-order valence-corrected chi connectivity index (χ3v) is 5.33. The Bertz CT molecular complexity index is 319. The van der Waals surface area contributed by atoms with Gasteiger partial charge in [-0.05, 0) is 45.1 Å². The molecule has 0 spiro atoms. The Balaban J connectivity index is 1.65. The van der Waals surface area contributed by atoms with Crippen molar-refractivity contribution in [3.05, 3.63) is 0 Å². The number of nitrogens with one attached hydrogen (secondary N) is 2. The van der Waals surface area contributed by atoms with Crippen LogP contribution in [0, 0.1) is 0 Å². The van der Waals surface area contributed by atoms with Crippen molar-refractivity contribution in [2.75, 3.05) is 25.4 Å². The second-order valence-corrected chi connectivity index (χ2v) is 7.52. The minimum absolute atomic E-state index is 0.0660. The van der Waals surface area contributed by atoms with Gasteiger partial charge in [0.25, 0.3) is 0 Å². The van der Waals surface area contributed by atoms with Gasteiger partial charge in [0.15, 0.2) is 0 Å².